The van der Waals surface area contributed by atoms with Gasteiger partial charge in [-0.1, -0.05) is 26.0 Å². The quantitative estimate of drug-likeness (QED) is 0.0269. The number of hydrogen-bond acceptors (Lipinski definition) is 41. The van der Waals surface area contributed by atoms with Crippen molar-refractivity contribution in [3.63, 3.8) is 0 Å². The molecule has 0 fully saturated rings. The smallest absolute Gasteiger partial charge is 0.404 e. The lowest BCUT2D eigenvalue weighted by Crippen LogP contribution is -2.57. The molecule has 0 aliphatic carbocycles. The summed E-state index contributed by atoms with van der Waals surface area (Å²) in [5.41, 5.74) is 16.4. The number of amides is 13. The summed E-state index contributed by atoms with van der Waals surface area (Å²) >= 11 is 0. The van der Waals surface area contributed by atoms with E-state index >= 15 is 0 Å². The summed E-state index contributed by atoms with van der Waals surface area (Å²) in [4.78, 5) is 151. The summed E-state index contributed by atoms with van der Waals surface area (Å²) in [6, 6.07) is 1.92. The van der Waals surface area contributed by atoms with Crippen LogP contribution in [0.5, 0.6) is 0 Å². The number of nitrogens with zero attached hydrogens (tertiary/aromatic N) is 1. The number of unbranched alkanes of at least 4 members (excludes halogenated alkanes) is 1. The molecule has 1 aromatic carbocycles. The van der Waals surface area contributed by atoms with E-state index in [1.165, 1.54) is 4.90 Å². The van der Waals surface area contributed by atoms with E-state index < -0.39 is 178 Å². The first-order valence-electron chi connectivity index (χ1n) is 46.1. The van der Waals surface area contributed by atoms with Gasteiger partial charge in [0.1, 0.15) is 61.4 Å². The highest BCUT2D eigenvalue weighted by atomic mass is 16.6. The normalized spacial score (nSPS) is 13.8. The Labute approximate surface area is 808 Å². The third-order valence-corrected chi connectivity index (χ3v) is 19.1. The number of primary amides is 2. The second-order valence-electron chi connectivity index (χ2n) is 30.8. The molecule has 0 radical (unpaired) electrons. The number of aliphatic hydroxyl groups is 10. The number of aliphatic hydroxyl groups excluding tert-OH is 10. The second kappa shape index (κ2) is 86.1. The average Bonchev–Trinajstić information content (AvgIpc) is 0.823. The molecule has 0 aromatic heterocycles. The van der Waals surface area contributed by atoms with Gasteiger partial charge in [-0.25, -0.2) is 9.59 Å². The Morgan fingerprint density at radius 1 is 0.338 bits per heavy atom. The highest BCUT2D eigenvalue weighted by Gasteiger charge is 2.36. The number of nitrogens with two attached hydrogens (primary N) is 3. The number of benzene rings is 1. The van der Waals surface area contributed by atoms with Gasteiger partial charge < -0.3 is 207 Å². The second-order valence-corrected chi connectivity index (χ2v) is 30.8. The molecule has 0 aliphatic rings. The molecule has 13 amide bonds. The summed E-state index contributed by atoms with van der Waals surface area (Å²) < 4.78 is 93.3. The highest BCUT2D eigenvalue weighted by Crippen LogP contribution is 2.16. The van der Waals surface area contributed by atoms with Crippen LogP contribution >= 0.6 is 0 Å². The topological polar surface area (TPSA) is 778 Å². The van der Waals surface area contributed by atoms with Crippen molar-refractivity contribution >= 4 is 76.9 Å². The minimum Gasteiger partial charge on any atom is -0.445 e. The number of carbonyl (C=O) groups is 12. The monoisotopic (exact) mass is 2010 g/mol. The Kier molecular flexibility index (Phi) is 79.5. The summed E-state index contributed by atoms with van der Waals surface area (Å²) in [6.07, 6.45) is -14.5. The Hall–Kier alpha value is -8.66. The molecule has 11 atom stereocenters. The third kappa shape index (κ3) is 72.3. The van der Waals surface area contributed by atoms with Gasteiger partial charge in [0, 0.05) is 57.8 Å². The lowest BCUT2D eigenvalue weighted by molar-refractivity contribution is -0.134. The molecular weight excluding hydrogens is 1860 g/mol. The SMILES string of the molecule is CC(C)[C@H](NC(=O)[C@H](CCCCNC(=O)CCOCCOCCOCCOCCOCCOCCOCCOCCOCCOCCOCCOCCN(C[C@H](O)[C@@H](O)[C@H](O)[C@H](O)CO)C[C@H](O)[C@@H](O)[C@H](O)[C@H](O)CO)NC(=O)CCOCCOCCOCCOCCNC(=O)CNC(=O)CNC(=O)CNC(=O)CNC(=O)CN)C(=O)N[C@@H](CCCNC(N)=O)C(=O)Nc1ccc(COC(N)=O)cc1. The number of hydrogen-bond donors (Lipinski definition) is 24. The van der Waals surface area contributed by atoms with Crippen molar-refractivity contribution in [3.8, 4) is 0 Å². The van der Waals surface area contributed by atoms with Crippen LogP contribution in [0.1, 0.15) is 64.4 Å². The molecule has 1 aromatic rings. The third-order valence-electron chi connectivity index (χ3n) is 19.1. The van der Waals surface area contributed by atoms with Crippen LogP contribution < -0.4 is 75.7 Å². The molecule has 139 heavy (non-hydrogen) atoms. The lowest BCUT2D eigenvalue weighted by atomic mass is 10.0. The van der Waals surface area contributed by atoms with E-state index in [4.69, 9.17) is 108 Å². The lowest BCUT2D eigenvalue weighted by Gasteiger charge is -2.33. The van der Waals surface area contributed by atoms with Crippen molar-refractivity contribution < 1.29 is 189 Å². The van der Waals surface area contributed by atoms with Gasteiger partial charge in [-0.3, -0.25) is 52.8 Å². The van der Waals surface area contributed by atoms with Crippen LogP contribution in [-0.2, 0) is 135 Å². The summed E-state index contributed by atoms with van der Waals surface area (Å²) in [5.74, 6) is -6.45. The fourth-order valence-corrected chi connectivity index (χ4v) is 11.5. The zero-order valence-corrected chi connectivity index (χ0v) is 79.7. The van der Waals surface area contributed by atoms with Gasteiger partial charge in [0.25, 0.3) is 0 Å². The Bertz CT molecular complexity index is 3380. The number of nitrogens with one attached hydrogen (secondary N) is 11. The summed E-state index contributed by atoms with van der Waals surface area (Å²) in [5, 5.41) is 127. The van der Waals surface area contributed by atoms with Gasteiger partial charge in [0.05, 0.1) is 270 Å². The van der Waals surface area contributed by atoms with Crippen LogP contribution in [0.2, 0.25) is 0 Å². The molecule has 0 saturated heterocycles. The molecule has 0 heterocycles. The number of anilines is 1. The van der Waals surface area contributed by atoms with Crippen LogP contribution in [-0.4, -0.2) is 491 Å². The number of carbonyl (C=O) groups excluding carboxylic acids is 12. The molecule has 0 unspecified atom stereocenters. The zero-order chi connectivity index (χ0) is 103. The predicted octanol–water partition coefficient (Wildman–Crippen LogP) is -11.2. The Morgan fingerprint density at radius 2 is 0.669 bits per heavy atom. The van der Waals surface area contributed by atoms with Gasteiger partial charge in [0.2, 0.25) is 59.1 Å². The summed E-state index contributed by atoms with van der Waals surface area (Å²) in [6.45, 7) is 7.53. The Morgan fingerprint density at radius 3 is 1.04 bits per heavy atom. The maximum atomic E-state index is 14.2. The van der Waals surface area contributed by atoms with Gasteiger partial charge in [-0.2, -0.15) is 0 Å². The fraction of sp³-hybridized carbons (Fsp3) is 0.788. The van der Waals surface area contributed by atoms with Crippen molar-refractivity contribution in [3.05, 3.63) is 29.8 Å². The fourth-order valence-electron chi connectivity index (χ4n) is 11.5. The van der Waals surface area contributed by atoms with Gasteiger partial charge in [-0.15, -0.1) is 0 Å². The van der Waals surface area contributed by atoms with Gasteiger partial charge in [0.15, 0.2) is 0 Å². The minimum atomic E-state index is -1.91. The largest absolute Gasteiger partial charge is 0.445 e. The molecule has 1 rings (SSSR count). The van der Waals surface area contributed by atoms with Crippen LogP contribution in [0.15, 0.2) is 24.3 Å². The molecule has 54 nitrogen and oxygen atoms in total. The van der Waals surface area contributed by atoms with Crippen molar-refractivity contribution in [1.82, 2.24) is 58.1 Å². The van der Waals surface area contributed by atoms with E-state index in [2.05, 4.69) is 58.5 Å². The first-order chi connectivity index (χ1) is 66.9. The van der Waals surface area contributed by atoms with E-state index in [0.29, 0.717) is 130 Å². The minimum absolute atomic E-state index is 0.000294. The highest BCUT2D eigenvalue weighted by molar-refractivity contribution is 5.99. The predicted molar refractivity (Wildman–Crippen MR) is 489 cm³/mol. The molecule has 27 N–H and O–H groups in total. The van der Waals surface area contributed by atoms with Crippen LogP contribution in [0.4, 0.5) is 15.3 Å². The number of ether oxygens (including phenoxy) is 17. The van der Waals surface area contributed by atoms with E-state index in [1.54, 1.807) is 38.1 Å². The van der Waals surface area contributed by atoms with Crippen LogP contribution in [0.25, 0.3) is 0 Å². The molecule has 0 aliphatic heterocycles. The van der Waals surface area contributed by atoms with E-state index in [0.717, 1.165) is 0 Å². The summed E-state index contributed by atoms with van der Waals surface area (Å²) in [7, 11) is 0. The maximum absolute atomic E-state index is 14.2. The van der Waals surface area contributed by atoms with Crippen molar-refractivity contribution in [2.24, 2.45) is 23.1 Å². The van der Waals surface area contributed by atoms with Crippen LogP contribution in [0, 0.1) is 5.92 Å². The zero-order valence-electron chi connectivity index (χ0n) is 79.7. The van der Waals surface area contributed by atoms with Crippen molar-refractivity contribution in [2.75, 3.05) is 302 Å². The average molecular weight is 2010 g/mol. The van der Waals surface area contributed by atoms with Crippen LogP contribution in [0.3, 0.4) is 0 Å². The van der Waals surface area contributed by atoms with E-state index in [-0.39, 0.29) is 196 Å². The molecule has 804 valence electrons. The number of rotatable bonds is 94. The van der Waals surface area contributed by atoms with Crippen molar-refractivity contribution in [2.45, 2.75) is 132 Å². The van der Waals surface area contributed by atoms with E-state index in [9.17, 15) is 98.4 Å². The molecule has 0 saturated carbocycles. The first-order valence-corrected chi connectivity index (χ1v) is 46.1. The Balaban J connectivity index is 2.37. The standard InChI is InChI=1S/C85H155N15O39/c1-60(2)76(83(120)98-64(7-5-15-91-84(87)121)81(118)96-62-10-8-61(9-11-62)59-139-85(88)122)99-82(119)63(97-70(108)13-19-124-23-27-128-30-32-129-28-24-125-20-16-90-72(110)51-93-74(112)53-95-75(113)54-94-73(111)52-92-71(109)50-86)6-3-4-14-89-69(107)12-18-123-22-26-127-31-34-131-36-38-133-40-42-135-44-46-137-48-49-138-47-45-136-43-41-134-39-37-132-35-33-130-29-25-126-21-17-100(55-65(103)77(114)79(116)67(105)57-101)56-66(104)78(115)80(117)68(106)58-102/h8-11,60,63-68,76-80,101-106,114-117H,3-7,12-59,86H2,1-2H3,(H2,88,122)(H,89,107)(H,90,110)(H,92,109)(H,93,112)(H,94,111)(H,95,113)(H,96,118)(H,97,108)(H,98,120)(H,99,119)(H3,87,91,121)/t63-,64-,65-,66-,67+,68+,76-,77+,78+,79+,80+/m0/s1. The van der Waals surface area contributed by atoms with Crippen molar-refractivity contribution in [1.29, 1.82) is 0 Å². The first kappa shape index (κ1) is 128. The molecule has 54 heteroatoms. The van der Waals surface area contributed by atoms with Gasteiger partial charge in [-0.05, 0) is 55.7 Å². The molecule has 0 bridgehead atoms. The van der Waals surface area contributed by atoms with E-state index in [1.807, 2.05) is 0 Å². The molecule has 0 spiro atoms. The van der Waals surface area contributed by atoms with Gasteiger partial charge >= 0.3 is 12.1 Å². The number of urea groups is 1. The maximum Gasteiger partial charge on any atom is 0.404 e. The molecular formula is C85H155N15O39.